The maximum Gasteiger partial charge on any atom is 0.496 e. The Balaban J connectivity index is 1.53. The molecule has 0 spiro atoms. The summed E-state index contributed by atoms with van der Waals surface area (Å²) in [7, 11) is -1.50. The first-order chi connectivity index (χ1) is 14.5. The first kappa shape index (κ1) is 22.3. The van der Waals surface area contributed by atoms with E-state index in [1.807, 2.05) is 39.8 Å². The molecule has 9 heteroatoms. The van der Waals surface area contributed by atoms with Crippen LogP contribution in [0.5, 0.6) is 0 Å². The third kappa shape index (κ3) is 4.50. The highest BCUT2D eigenvalue weighted by molar-refractivity contribution is 6.76. The van der Waals surface area contributed by atoms with E-state index in [0.29, 0.717) is 6.73 Å². The van der Waals surface area contributed by atoms with Crippen LogP contribution in [0, 0.1) is 0 Å². The summed E-state index contributed by atoms with van der Waals surface area (Å²) in [5.41, 5.74) is 2.04. The molecule has 4 rings (SSSR count). The van der Waals surface area contributed by atoms with Gasteiger partial charge in [0.15, 0.2) is 5.82 Å². The van der Waals surface area contributed by atoms with Gasteiger partial charge in [-0.05, 0) is 45.3 Å². The lowest BCUT2D eigenvalue weighted by atomic mass is 9.80. The Hall–Kier alpha value is -1.94. The minimum atomic E-state index is -1.10. The highest BCUT2D eigenvalue weighted by Gasteiger charge is 2.51. The van der Waals surface area contributed by atoms with Crippen LogP contribution < -0.4 is 5.46 Å². The van der Waals surface area contributed by atoms with Gasteiger partial charge in [-0.2, -0.15) is 0 Å². The largest absolute Gasteiger partial charge is 0.496 e. The Bertz CT molecular complexity index is 1050. The molecule has 0 atom stereocenters. The maximum absolute atomic E-state index is 6.19. The van der Waals surface area contributed by atoms with Gasteiger partial charge in [-0.3, -0.25) is 0 Å². The lowest BCUT2D eigenvalue weighted by molar-refractivity contribution is 0.00578. The van der Waals surface area contributed by atoms with Gasteiger partial charge < -0.3 is 23.0 Å². The fourth-order valence-corrected chi connectivity index (χ4v) is 4.24. The summed E-state index contributed by atoms with van der Waals surface area (Å²) in [6.45, 7) is 16.6. The van der Waals surface area contributed by atoms with Crippen molar-refractivity contribution < 1.29 is 14.0 Å². The SMILES string of the molecule is CC1(C)OB(c2ccc3c(-c4nccn4COCC[Si](C)(C)C)ncn3c2)OC1(C)C. The van der Waals surface area contributed by atoms with E-state index in [4.69, 9.17) is 14.0 Å². The summed E-state index contributed by atoms with van der Waals surface area (Å²) in [5, 5.41) is 0. The van der Waals surface area contributed by atoms with Crippen molar-refractivity contribution in [2.75, 3.05) is 6.61 Å². The Morgan fingerprint density at radius 2 is 1.77 bits per heavy atom. The molecule has 1 saturated heterocycles. The smallest absolute Gasteiger partial charge is 0.399 e. The molecule has 0 saturated carbocycles. The number of pyridine rings is 1. The van der Waals surface area contributed by atoms with Gasteiger partial charge in [-0.15, -0.1) is 0 Å². The van der Waals surface area contributed by atoms with Crippen molar-refractivity contribution in [3.8, 4) is 11.5 Å². The van der Waals surface area contributed by atoms with E-state index >= 15 is 0 Å². The van der Waals surface area contributed by atoms with Crippen molar-refractivity contribution in [1.82, 2.24) is 18.9 Å². The molecular formula is C22H33BN4O3Si. The third-order valence-electron chi connectivity index (χ3n) is 6.23. The predicted octanol–water partition coefficient (Wildman–Crippen LogP) is 3.81. The first-order valence-electron chi connectivity index (χ1n) is 10.9. The molecule has 0 unspecified atom stereocenters. The summed E-state index contributed by atoms with van der Waals surface area (Å²) >= 11 is 0. The Kier molecular flexibility index (Phi) is 5.66. The van der Waals surface area contributed by atoms with Gasteiger partial charge in [0.2, 0.25) is 0 Å². The van der Waals surface area contributed by atoms with Crippen LogP contribution in [0.1, 0.15) is 27.7 Å². The molecule has 3 aromatic rings. The fraction of sp³-hybridized carbons (Fsp3) is 0.545. The van der Waals surface area contributed by atoms with E-state index in [-0.39, 0.29) is 11.2 Å². The van der Waals surface area contributed by atoms with Crippen LogP contribution in [0.15, 0.2) is 37.1 Å². The second-order valence-electron chi connectivity index (χ2n) is 10.5. The first-order valence-corrected chi connectivity index (χ1v) is 14.6. The minimum Gasteiger partial charge on any atom is -0.399 e. The second kappa shape index (κ2) is 7.88. The van der Waals surface area contributed by atoms with Gasteiger partial charge in [-0.25, -0.2) is 9.97 Å². The quantitative estimate of drug-likeness (QED) is 0.413. The summed E-state index contributed by atoms with van der Waals surface area (Å²) in [4.78, 5) is 9.18. The average Bonchev–Trinajstić information content (AvgIpc) is 3.33. The highest BCUT2D eigenvalue weighted by atomic mass is 28.3. The lowest BCUT2D eigenvalue weighted by Crippen LogP contribution is -2.41. The van der Waals surface area contributed by atoms with Gasteiger partial charge in [0, 0.05) is 33.3 Å². The monoisotopic (exact) mass is 440 g/mol. The Morgan fingerprint density at radius 1 is 1.06 bits per heavy atom. The molecule has 4 heterocycles. The van der Waals surface area contributed by atoms with Gasteiger partial charge in [0.25, 0.3) is 0 Å². The normalized spacial score (nSPS) is 18.2. The molecule has 0 bridgehead atoms. The van der Waals surface area contributed by atoms with Crippen molar-refractivity contribution in [1.29, 1.82) is 0 Å². The van der Waals surface area contributed by atoms with Crippen LogP contribution in [-0.2, 0) is 20.8 Å². The lowest BCUT2D eigenvalue weighted by Gasteiger charge is -2.32. The Labute approximate surface area is 185 Å². The van der Waals surface area contributed by atoms with Crippen LogP contribution in [0.25, 0.3) is 17.0 Å². The van der Waals surface area contributed by atoms with Gasteiger partial charge >= 0.3 is 7.12 Å². The number of imidazole rings is 2. The van der Waals surface area contributed by atoms with Gasteiger partial charge in [0.1, 0.15) is 18.8 Å². The van der Waals surface area contributed by atoms with E-state index in [1.165, 1.54) is 0 Å². The number of rotatable bonds is 7. The molecule has 7 nitrogen and oxygen atoms in total. The molecular weight excluding hydrogens is 407 g/mol. The van der Waals surface area contributed by atoms with Crippen molar-refractivity contribution in [3.05, 3.63) is 37.1 Å². The number of fused-ring (bicyclic) bond motifs is 1. The molecule has 0 N–H and O–H groups in total. The average molecular weight is 440 g/mol. The van der Waals surface area contributed by atoms with Crippen LogP contribution in [0.4, 0.5) is 0 Å². The maximum atomic E-state index is 6.19. The summed E-state index contributed by atoms with van der Waals surface area (Å²) in [5.74, 6) is 0.805. The predicted molar refractivity (Wildman–Crippen MR) is 126 cm³/mol. The van der Waals surface area contributed by atoms with Gasteiger partial charge in [0.05, 0.1) is 16.7 Å². The Morgan fingerprint density at radius 3 is 2.45 bits per heavy atom. The molecule has 1 aliphatic rings. The summed E-state index contributed by atoms with van der Waals surface area (Å²) in [6, 6.07) is 5.24. The molecule has 166 valence electrons. The number of hydrogen-bond acceptors (Lipinski definition) is 5. The van der Waals surface area contributed by atoms with Crippen molar-refractivity contribution in [2.45, 2.75) is 71.3 Å². The summed E-state index contributed by atoms with van der Waals surface area (Å²) in [6.07, 6.45) is 7.56. The molecule has 0 radical (unpaired) electrons. The fourth-order valence-electron chi connectivity index (χ4n) is 3.48. The molecule has 3 aromatic heterocycles. The van der Waals surface area contributed by atoms with Gasteiger partial charge in [-0.1, -0.05) is 25.7 Å². The molecule has 31 heavy (non-hydrogen) atoms. The second-order valence-corrected chi connectivity index (χ2v) is 16.1. The number of ether oxygens (including phenoxy) is 1. The van der Waals surface area contributed by atoms with Crippen LogP contribution in [0.3, 0.4) is 0 Å². The highest BCUT2D eigenvalue weighted by Crippen LogP contribution is 2.36. The molecule has 0 aromatic carbocycles. The van der Waals surface area contributed by atoms with E-state index < -0.39 is 15.2 Å². The number of nitrogens with zero attached hydrogens (tertiary/aromatic N) is 4. The van der Waals surface area contributed by atoms with E-state index in [2.05, 4.69) is 57.3 Å². The summed E-state index contributed by atoms with van der Waals surface area (Å²) < 4.78 is 22.3. The zero-order valence-electron chi connectivity index (χ0n) is 19.7. The van der Waals surface area contributed by atoms with E-state index in [1.54, 1.807) is 6.20 Å². The topological polar surface area (TPSA) is 62.8 Å². The van der Waals surface area contributed by atoms with Crippen LogP contribution >= 0.6 is 0 Å². The number of hydrogen-bond donors (Lipinski definition) is 0. The molecule has 0 aliphatic carbocycles. The van der Waals surface area contributed by atoms with Crippen molar-refractivity contribution >= 4 is 26.2 Å². The zero-order valence-corrected chi connectivity index (χ0v) is 20.7. The minimum absolute atomic E-state index is 0.368. The van der Waals surface area contributed by atoms with E-state index in [9.17, 15) is 0 Å². The number of aromatic nitrogens is 4. The standard InChI is InChI=1S/C22H33BN4O3Si/c1-21(2)22(3,4)30-23(29-21)17-8-9-18-19(25-15-27(18)14-17)20-24-10-11-26(20)16-28-12-13-31(5,6)7/h8-11,14-15H,12-13,16H2,1-7H3. The third-order valence-corrected chi connectivity index (χ3v) is 7.94. The van der Waals surface area contributed by atoms with Crippen molar-refractivity contribution in [2.24, 2.45) is 0 Å². The van der Waals surface area contributed by atoms with Crippen LogP contribution in [0.2, 0.25) is 25.7 Å². The molecule has 1 aliphatic heterocycles. The van der Waals surface area contributed by atoms with E-state index in [0.717, 1.165) is 35.1 Å². The van der Waals surface area contributed by atoms with Crippen LogP contribution in [-0.4, -0.2) is 51.9 Å². The molecule has 1 fully saturated rings. The van der Waals surface area contributed by atoms with Crippen molar-refractivity contribution in [3.63, 3.8) is 0 Å². The molecule has 0 amide bonds. The zero-order chi connectivity index (χ0) is 22.4.